The normalized spacial score (nSPS) is 30.7. The summed E-state index contributed by atoms with van der Waals surface area (Å²) in [5.41, 5.74) is 2.96. The number of aromatic hydroxyl groups is 2. The Labute approximate surface area is 185 Å². The number of aliphatic hydroxyl groups excluding tert-OH is 4. The lowest BCUT2D eigenvalue weighted by Gasteiger charge is -2.40. The molecule has 6 N–H and O–H groups in total. The highest BCUT2D eigenvalue weighted by Crippen LogP contribution is 2.39. The number of ether oxygens (including phenoxy) is 2. The molecule has 4 rings (SSSR count). The van der Waals surface area contributed by atoms with Crippen molar-refractivity contribution in [2.45, 2.75) is 49.6 Å². The highest BCUT2D eigenvalue weighted by Gasteiger charge is 2.45. The van der Waals surface area contributed by atoms with E-state index in [-0.39, 0.29) is 23.3 Å². The van der Waals surface area contributed by atoms with Crippen LogP contribution in [0.15, 0.2) is 36.4 Å². The van der Waals surface area contributed by atoms with E-state index >= 15 is 0 Å². The highest BCUT2D eigenvalue weighted by molar-refractivity contribution is 5.49. The van der Waals surface area contributed by atoms with Gasteiger partial charge in [-0.2, -0.15) is 0 Å². The van der Waals surface area contributed by atoms with Crippen LogP contribution in [0, 0.1) is 0 Å². The molecule has 0 amide bonds. The predicted molar refractivity (Wildman–Crippen MR) is 113 cm³/mol. The number of hydrogen-bond donors (Lipinski definition) is 6. The van der Waals surface area contributed by atoms with E-state index in [0.717, 1.165) is 29.7 Å². The van der Waals surface area contributed by atoms with Crippen LogP contribution >= 0.6 is 0 Å². The molecule has 1 saturated heterocycles. The van der Waals surface area contributed by atoms with Gasteiger partial charge >= 0.3 is 0 Å². The molecule has 0 bridgehead atoms. The van der Waals surface area contributed by atoms with Gasteiger partial charge in [-0.05, 0) is 60.8 Å². The molecule has 9 heteroatoms. The second-order valence-electron chi connectivity index (χ2n) is 8.45. The lowest BCUT2D eigenvalue weighted by molar-refractivity contribution is -0.277. The van der Waals surface area contributed by atoms with Crippen molar-refractivity contribution in [1.29, 1.82) is 0 Å². The largest absolute Gasteiger partial charge is 0.508 e. The number of benzene rings is 2. The molecule has 0 aromatic heterocycles. The molecule has 0 unspecified atom stereocenters. The van der Waals surface area contributed by atoms with Crippen LogP contribution in [-0.2, 0) is 17.6 Å². The molecule has 0 spiro atoms. The van der Waals surface area contributed by atoms with Crippen LogP contribution in [0.1, 0.15) is 22.7 Å². The van der Waals surface area contributed by atoms with Crippen LogP contribution in [0.4, 0.5) is 0 Å². The van der Waals surface area contributed by atoms with Crippen LogP contribution < -0.4 is 4.74 Å². The number of fused-ring (bicyclic) bond motifs is 1. The van der Waals surface area contributed by atoms with Crippen LogP contribution in [0.3, 0.4) is 0 Å². The maximum atomic E-state index is 10.5. The molecule has 2 aliphatic heterocycles. The first kappa shape index (κ1) is 22.8. The Morgan fingerprint density at radius 2 is 1.75 bits per heavy atom. The molecule has 9 nitrogen and oxygen atoms in total. The Hall–Kier alpha value is -2.40. The van der Waals surface area contributed by atoms with E-state index in [1.807, 2.05) is 19.2 Å². The third-order valence-electron chi connectivity index (χ3n) is 6.30. The van der Waals surface area contributed by atoms with Crippen molar-refractivity contribution in [3.05, 3.63) is 53.1 Å². The van der Waals surface area contributed by atoms with Gasteiger partial charge in [-0.25, -0.2) is 0 Å². The molecule has 32 heavy (non-hydrogen) atoms. The first-order valence-corrected chi connectivity index (χ1v) is 10.6. The Kier molecular flexibility index (Phi) is 6.57. The summed E-state index contributed by atoms with van der Waals surface area (Å²) in [5, 5.41) is 59.7. The Morgan fingerprint density at radius 3 is 2.44 bits per heavy atom. The summed E-state index contributed by atoms with van der Waals surface area (Å²) in [6.07, 6.45) is -5.70. The van der Waals surface area contributed by atoms with Gasteiger partial charge in [-0.1, -0.05) is 12.1 Å². The van der Waals surface area contributed by atoms with Gasteiger partial charge in [0.05, 0.1) is 6.61 Å². The average molecular weight is 447 g/mol. The van der Waals surface area contributed by atoms with Gasteiger partial charge in [-0.3, -0.25) is 4.90 Å². The summed E-state index contributed by atoms with van der Waals surface area (Å²) in [7, 11) is 2.01. The van der Waals surface area contributed by atoms with E-state index in [9.17, 15) is 30.6 Å². The summed E-state index contributed by atoms with van der Waals surface area (Å²) in [5.74, 6) is 0.138. The molecule has 2 aromatic rings. The number of nitrogens with zero attached hydrogens (tertiary/aromatic N) is 1. The van der Waals surface area contributed by atoms with Crippen LogP contribution in [0.5, 0.6) is 17.2 Å². The van der Waals surface area contributed by atoms with Crippen molar-refractivity contribution < 1.29 is 40.1 Å². The number of aliphatic hydroxyl groups is 4. The fourth-order valence-corrected chi connectivity index (χ4v) is 4.35. The van der Waals surface area contributed by atoms with Crippen LogP contribution in [-0.4, -0.2) is 86.4 Å². The van der Waals surface area contributed by atoms with Gasteiger partial charge in [0.25, 0.3) is 0 Å². The van der Waals surface area contributed by atoms with Crippen molar-refractivity contribution in [2.75, 3.05) is 20.2 Å². The minimum Gasteiger partial charge on any atom is -0.508 e. The van der Waals surface area contributed by atoms with Crippen molar-refractivity contribution >= 4 is 0 Å². The topological polar surface area (TPSA) is 143 Å². The molecule has 0 aliphatic carbocycles. The SMILES string of the molecule is CN1CCc2cc(O)c(O[C@@H]3O[C@H](CO)[C@@H](O)[C@H](O)[C@H]3O)cc2[C@H]1Cc1ccc(O)cc1. The monoisotopic (exact) mass is 447 g/mol. The molecule has 2 aliphatic rings. The summed E-state index contributed by atoms with van der Waals surface area (Å²) >= 11 is 0. The zero-order chi connectivity index (χ0) is 23.0. The molecular formula is C23H29NO8. The minimum absolute atomic E-state index is 0.0129. The van der Waals surface area contributed by atoms with Crippen molar-refractivity contribution in [2.24, 2.45) is 0 Å². The summed E-state index contributed by atoms with van der Waals surface area (Å²) in [6.45, 7) is 0.239. The summed E-state index contributed by atoms with van der Waals surface area (Å²) in [4.78, 5) is 2.20. The summed E-state index contributed by atoms with van der Waals surface area (Å²) < 4.78 is 11.1. The van der Waals surface area contributed by atoms with Gasteiger partial charge in [-0.15, -0.1) is 0 Å². The molecule has 174 valence electrons. The standard InChI is InChI=1S/C23H29NO8/c1-24-7-6-13-9-17(27)18(31-23-22(30)21(29)20(28)19(11-25)32-23)10-15(13)16(24)8-12-2-4-14(26)5-3-12/h2-5,9-10,16,19-23,25-30H,6-8,11H2,1H3/t16-,19-,20-,21+,22-,23-/m1/s1. The van der Waals surface area contributed by atoms with Crippen LogP contribution in [0.25, 0.3) is 0 Å². The number of phenolic OH excluding ortho intramolecular Hbond substituents is 2. The second-order valence-corrected chi connectivity index (χ2v) is 8.45. The Balaban J connectivity index is 1.61. The van der Waals surface area contributed by atoms with Crippen molar-refractivity contribution in [1.82, 2.24) is 4.90 Å². The highest BCUT2D eigenvalue weighted by atomic mass is 16.7. The lowest BCUT2D eigenvalue weighted by Crippen LogP contribution is -2.60. The average Bonchev–Trinajstić information content (AvgIpc) is 2.78. The zero-order valence-electron chi connectivity index (χ0n) is 17.7. The lowest BCUT2D eigenvalue weighted by atomic mass is 9.88. The van der Waals surface area contributed by atoms with E-state index in [2.05, 4.69) is 4.90 Å². The number of rotatable bonds is 5. The molecule has 1 fully saturated rings. The zero-order valence-corrected chi connectivity index (χ0v) is 17.7. The second kappa shape index (κ2) is 9.22. The van der Waals surface area contributed by atoms with E-state index in [0.29, 0.717) is 6.42 Å². The van der Waals surface area contributed by atoms with Crippen molar-refractivity contribution in [3.63, 3.8) is 0 Å². The smallest absolute Gasteiger partial charge is 0.229 e. The molecule has 2 heterocycles. The fourth-order valence-electron chi connectivity index (χ4n) is 4.35. The minimum atomic E-state index is -1.57. The number of phenols is 2. The third-order valence-corrected chi connectivity index (χ3v) is 6.30. The number of likely N-dealkylation sites (N-methyl/N-ethyl adjacent to an activating group) is 1. The van der Waals surface area contributed by atoms with Gasteiger partial charge < -0.3 is 40.1 Å². The maximum absolute atomic E-state index is 10.5. The van der Waals surface area contributed by atoms with Crippen molar-refractivity contribution in [3.8, 4) is 17.2 Å². The predicted octanol–water partition coefficient (Wildman–Crippen LogP) is 0.0482. The Bertz CT molecular complexity index is 934. The first-order valence-electron chi connectivity index (χ1n) is 10.6. The molecule has 2 aromatic carbocycles. The van der Waals surface area contributed by atoms with Gasteiger partial charge in [0, 0.05) is 12.6 Å². The molecule has 0 radical (unpaired) electrons. The van der Waals surface area contributed by atoms with Crippen LogP contribution in [0.2, 0.25) is 0 Å². The van der Waals surface area contributed by atoms with E-state index in [1.165, 1.54) is 0 Å². The molecule has 0 saturated carbocycles. The maximum Gasteiger partial charge on any atom is 0.229 e. The van der Waals surface area contributed by atoms with Gasteiger partial charge in [0.1, 0.15) is 30.2 Å². The number of hydrogen-bond acceptors (Lipinski definition) is 9. The van der Waals surface area contributed by atoms with E-state index in [1.54, 1.807) is 24.3 Å². The van der Waals surface area contributed by atoms with Gasteiger partial charge in [0.15, 0.2) is 11.5 Å². The molecule has 6 atom stereocenters. The van der Waals surface area contributed by atoms with E-state index < -0.39 is 37.3 Å². The third kappa shape index (κ3) is 4.40. The summed E-state index contributed by atoms with van der Waals surface area (Å²) in [6, 6.07) is 10.3. The van der Waals surface area contributed by atoms with Gasteiger partial charge in [0.2, 0.25) is 6.29 Å². The Morgan fingerprint density at radius 1 is 1.03 bits per heavy atom. The molecular weight excluding hydrogens is 418 g/mol. The fraction of sp³-hybridized carbons (Fsp3) is 0.478. The van der Waals surface area contributed by atoms with E-state index in [4.69, 9.17) is 9.47 Å². The first-order chi connectivity index (χ1) is 15.3. The quantitative estimate of drug-likeness (QED) is 0.375.